The highest BCUT2D eigenvalue weighted by molar-refractivity contribution is 8.13. The number of esters is 1. The maximum Gasteiger partial charge on any atom is 0.306 e. The van der Waals surface area contributed by atoms with E-state index in [-0.39, 0.29) is 17.6 Å². The van der Waals surface area contributed by atoms with Gasteiger partial charge in [-0.2, -0.15) is 0 Å². The lowest BCUT2D eigenvalue weighted by Crippen LogP contribution is -2.26. The molecule has 0 aliphatic heterocycles. The van der Waals surface area contributed by atoms with Crippen LogP contribution in [0.4, 0.5) is 0 Å². The molecule has 0 rings (SSSR count). The Bertz CT molecular complexity index is 463. The summed E-state index contributed by atoms with van der Waals surface area (Å²) in [7, 11) is -1.80. The number of sulfone groups is 1. The molecule has 0 aromatic carbocycles. The standard InChI is InChI=1S/C21H42O4S2/c1-5-6-7-8-9-10-11-12-13-14-15-16-19(2)27(23,24)20(3)26-18-17-21(22)25-4/h19-20H,5-18H2,1-4H3. The molecule has 162 valence electrons. The molecular formula is C21H42O4S2. The number of thioether (sulfide) groups is 1. The van der Waals surface area contributed by atoms with Gasteiger partial charge in [-0.05, 0) is 20.3 Å². The molecule has 0 radical (unpaired) electrons. The minimum absolute atomic E-state index is 0.258. The van der Waals surface area contributed by atoms with E-state index in [0.717, 1.165) is 19.3 Å². The van der Waals surface area contributed by atoms with Crippen molar-refractivity contribution in [3.63, 3.8) is 0 Å². The maximum atomic E-state index is 12.6. The van der Waals surface area contributed by atoms with Crippen LogP contribution in [0.25, 0.3) is 0 Å². The van der Waals surface area contributed by atoms with E-state index < -0.39 is 14.4 Å². The molecule has 0 spiro atoms. The van der Waals surface area contributed by atoms with Gasteiger partial charge in [-0.3, -0.25) is 4.79 Å². The van der Waals surface area contributed by atoms with E-state index in [9.17, 15) is 13.2 Å². The molecule has 0 saturated heterocycles. The number of carbonyl (C=O) groups excluding carboxylic acids is 1. The quantitative estimate of drug-likeness (QED) is 0.196. The molecule has 0 N–H and O–H groups in total. The average molecular weight is 423 g/mol. The Hall–Kier alpha value is -0.230. The first-order valence-electron chi connectivity index (χ1n) is 10.8. The lowest BCUT2D eigenvalue weighted by molar-refractivity contribution is -0.140. The van der Waals surface area contributed by atoms with Crippen LogP contribution >= 0.6 is 11.8 Å². The van der Waals surface area contributed by atoms with Crippen molar-refractivity contribution in [1.29, 1.82) is 0 Å². The van der Waals surface area contributed by atoms with E-state index in [2.05, 4.69) is 11.7 Å². The first-order valence-corrected chi connectivity index (χ1v) is 13.4. The van der Waals surface area contributed by atoms with Gasteiger partial charge < -0.3 is 4.74 Å². The molecule has 0 saturated carbocycles. The van der Waals surface area contributed by atoms with Gasteiger partial charge in [0.2, 0.25) is 0 Å². The second kappa shape index (κ2) is 16.7. The van der Waals surface area contributed by atoms with Gasteiger partial charge in [0.25, 0.3) is 0 Å². The summed E-state index contributed by atoms with van der Waals surface area (Å²) in [5.74, 6) is 0.194. The predicted molar refractivity (Wildman–Crippen MR) is 118 cm³/mol. The molecule has 2 unspecified atom stereocenters. The molecule has 0 bridgehead atoms. The fourth-order valence-corrected chi connectivity index (χ4v) is 6.47. The summed E-state index contributed by atoms with van der Waals surface area (Å²) in [5, 5.41) is -0.309. The van der Waals surface area contributed by atoms with Crippen molar-refractivity contribution in [2.24, 2.45) is 0 Å². The van der Waals surface area contributed by atoms with Crippen molar-refractivity contribution in [2.45, 2.75) is 114 Å². The number of hydrogen-bond acceptors (Lipinski definition) is 5. The third-order valence-corrected chi connectivity index (χ3v) is 9.53. The van der Waals surface area contributed by atoms with E-state index in [0.29, 0.717) is 5.75 Å². The second-order valence-electron chi connectivity index (χ2n) is 7.49. The van der Waals surface area contributed by atoms with Crippen molar-refractivity contribution in [2.75, 3.05) is 12.9 Å². The van der Waals surface area contributed by atoms with E-state index in [1.807, 2.05) is 6.92 Å². The zero-order chi connectivity index (χ0) is 20.5. The molecule has 0 fully saturated rings. The van der Waals surface area contributed by atoms with E-state index >= 15 is 0 Å². The van der Waals surface area contributed by atoms with Gasteiger partial charge in [-0.15, -0.1) is 11.8 Å². The molecule has 0 aliphatic rings. The van der Waals surface area contributed by atoms with Crippen LogP contribution in [0.3, 0.4) is 0 Å². The van der Waals surface area contributed by atoms with Gasteiger partial charge in [0.05, 0.1) is 18.8 Å². The molecule has 27 heavy (non-hydrogen) atoms. The third kappa shape index (κ3) is 13.6. The lowest BCUT2D eigenvalue weighted by Gasteiger charge is -2.18. The molecule has 0 aromatic heterocycles. The summed E-state index contributed by atoms with van der Waals surface area (Å²) in [6.07, 6.45) is 15.0. The largest absolute Gasteiger partial charge is 0.469 e. The minimum atomic E-state index is -3.15. The van der Waals surface area contributed by atoms with E-state index in [1.54, 1.807) is 6.92 Å². The zero-order valence-corrected chi connectivity index (χ0v) is 19.6. The Labute approximate surface area is 172 Å². The lowest BCUT2D eigenvalue weighted by atomic mass is 10.0. The number of unbranched alkanes of at least 4 members (excludes halogenated alkanes) is 10. The summed E-state index contributed by atoms with van der Waals surface area (Å²) in [4.78, 5) is 11.1. The van der Waals surface area contributed by atoms with Gasteiger partial charge in [0.15, 0.2) is 9.84 Å². The van der Waals surface area contributed by atoms with Crippen LogP contribution in [0.1, 0.15) is 104 Å². The van der Waals surface area contributed by atoms with Crippen molar-refractivity contribution in [3.8, 4) is 0 Å². The molecule has 0 heterocycles. The third-order valence-electron chi connectivity index (χ3n) is 5.12. The van der Waals surface area contributed by atoms with Crippen molar-refractivity contribution < 1.29 is 17.9 Å². The molecule has 6 heteroatoms. The number of methoxy groups -OCH3 is 1. The highest BCUT2D eigenvalue weighted by atomic mass is 32.3. The predicted octanol–water partition coefficient (Wildman–Crippen LogP) is 6.13. The highest BCUT2D eigenvalue weighted by Gasteiger charge is 2.27. The van der Waals surface area contributed by atoms with Crippen molar-refractivity contribution in [1.82, 2.24) is 0 Å². The molecule has 0 aromatic rings. The topological polar surface area (TPSA) is 60.4 Å². The van der Waals surface area contributed by atoms with Gasteiger partial charge in [0, 0.05) is 5.75 Å². The van der Waals surface area contributed by atoms with Crippen LogP contribution in [0.2, 0.25) is 0 Å². The number of hydrogen-bond donors (Lipinski definition) is 0. The van der Waals surface area contributed by atoms with Gasteiger partial charge in [0.1, 0.15) is 4.58 Å². The molecule has 0 amide bonds. The zero-order valence-electron chi connectivity index (χ0n) is 18.0. The molecule has 2 atom stereocenters. The molecule has 0 aliphatic carbocycles. The number of ether oxygens (including phenoxy) is 1. The highest BCUT2D eigenvalue weighted by Crippen LogP contribution is 2.24. The summed E-state index contributed by atoms with van der Waals surface area (Å²) in [6.45, 7) is 5.80. The number of rotatable bonds is 18. The van der Waals surface area contributed by atoms with Crippen LogP contribution in [-0.2, 0) is 19.4 Å². The smallest absolute Gasteiger partial charge is 0.306 e. The van der Waals surface area contributed by atoms with Gasteiger partial charge >= 0.3 is 5.97 Å². The van der Waals surface area contributed by atoms with E-state index in [1.165, 1.54) is 76.7 Å². The number of carbonyl (C=O) groups is 1. The fraction of sp³-hybridized carbons (Fsp3) is 0.952. The fourth-order valence-electron chi connectivity index (χ4n) is 3.09. The summed E-state index contributed by atoms with van der Waals surface area (Å²) in [6, 6.07) is 0. The maximum absolute atomic E-state index is 12.6. The Kier molecular flexibility index (Phi) is 16.6. The van der Waals surface area contributed by atoms with Crippen LogP contribution in [0.5, 0.6) is 0 Å². The van der Waals surface area contributed by atoms with Crippen LogP contribution < -0.4 is 0 Å². The monoisotopic (exact) mass is 422 g/mol. The van der Waals surface area contributed by atoms with Crippen LogP contribution in [-0.4, -0.2) is 37.1 Å². The average Bonchev–Trinajstić information content (AvgIpc) is 2.65. The van der Waals surface area contributed by atoms with Gasteiger partial charge in [-0.25, -0.2) is 8.42 Å². The summed E-state index contributed by atoms with van der Waals surface area (Å²) < 4.78 is 29.2. The summed E-state index contributed by atoms with van der Waals surface area (Å²) in [5.41, 5.74) is 0. The van der Waals surface area contributed by atoms with Crippen molar-refractivity contribution >= 4 is 27.6 Å². The normalized spacial score (nSPS) is 14.1. The second-order valence-corrected chi connectivity index (χ2v) is 11.9. The SMILES string of the molecule is CCCCCCCCCCCCCC(C)S(=O)(=O)C(C)SCCC(=O)OC. The molecular weight excluding hydrogens is 380 g/mol. The first-order chi connectivity index (χ1) is 12.9. The molecule has 4 nitrogen and oxygen atoms in total. The van der Waals surface area contributed by atoms with Crippen molar-refractivity contribution in [3.05, 3.63) is 0 Å². The Morgan fingerprint density at radius 1 is 0.889 bits per heavy atom. The Morgan fingerprint density at radius 2 is 1.37 bits per heavy atom. The first kappa shape index (κ1) is 26.8. The van der Waals surface area contributed by atoms with Crippen LogP contribution in [0.15, 0.2) is 0 Å². The van der Waals surface area contributed by atoms with Crippen LogP contribution in [0, 0.1) is 0 Å². The minimum Gasteiger partial charge on any atom is -0.469 e. The van der Waals surface area contributed by atoms with Gasteiger partial charge in [-0.1, -0.05) is 77.6 Å². The summed E-state index contributed by atoms with van der Waals surface area (Å²) >= 11 is 1.33. The Balaban J connectivity index is 3.77. The Morgan fingerprint density at radius 3 is 1.85 bits per heavy atom. The van der Waals surface area contributed by atoms with E-state index in [4.69, 9.17) is 0 Å².